The van der Waals surface area contributed by atoms with Crippen LogP contribution < -0.4 is 5.14 Å². The molecule has 146 valence electrons. The fourth-order valence-electron chi connectivity index (χ4n) is 2.77. The maximum absolute atomic E-state index is 11.6. The highest BCUT2D eigenvalue weighted by Gasteiger charge is 2.21. The van der Waals surface area contributed by atoms with Crippen LogP contribution in [0.1, 0.15) is 25.0 Å². The first-order valence-electron chi connectivity index (χ1n) is 8.44. The number of hydrogen-bond donors (Lipinski definition) is 1. The van der Waals surface area contributed by atoms with Crippen molar-refractivity contribution in [2.45, 2.75) is 35.7 Å². The maximum Gasteiger partial charge on any atom is 0.257 e. The SMILES string of the molecule is CCn1c(S[C@H](C)c2nnc(-c3cccs3)o2)nc2cc(S(N)(=O)=O)ccc21. The summed E-state index contributed by atoms with van der Waals surface area (Å²) in [6.07, 6.45) is 0. The smallest absolute Gasteiger partial charge is 0.257 e. The quantitative estimate of drug-likeness (QED) is 0.459. The van der Waals surface area contributed by atoms with Crippen molar-refractivity contribution in [3.05, 3.63) is 41.6 Å². The molecule has 3 heterocycles. The maximum atomic E-state index is 11.6. The predicted molar refractivity (Wildman–Crippen MR) is 109 cm³/mol. The summed E-state index contributed by atoms with van der Waals surface area (Å²) in [4.78, 5) is 5.57. The number of fused-ring (bicyclic) bond motifs is 1. The van der Waals surface area contributed by atoms with E-state index in [1.165, 1.54) is 35.2 Å². The van der Waals surface area contributed by atoms with Crippen LogP contribution >= 0.6 is 23.1 Å². The zero-order chi connectivity index (χ0) is 19.9. The summed E-state index contributed by atoms with van der Waals surface area (Å²) >= 11 is 3.01. The predicted octanol–water partition coefficient (Wildman–Crippen LogP) is 3.67. The lowest BCUT2D eigenvalue weighted by molar-refractivity contribution is 0.509. The van der Waals surface area contributed by atoms with Crippen LogP contribution in [-0.4, -0.2) is 28.2 Å². The van der Waals surface area contributed by atoms with Gasteiger partial charge in [-0.1, -0.05) is 17.8 Å². The van der Waals surface area contributed by atoms with Crippen LogP contribution in [0.25, 0.3) is 21.8 Å². The van der Waals surface area contributed by atoms with E-state index in [1.54, 1.807) is 6.07 Å². The van der Waals surface area contributed by atoms with E-state index < -0.39 is 10.0 Å². The van der Waals surface area contributed by atoms with Crippen molar-refractivity contribution in [3.63, 3.8) is 0 Å². The fourth-order valence-corrected chi connectivity index (χ4v) is 4.96. The van der Waals surface area contributed by atoms with Crippen molar-refractivity contribution >= 4 is 44.2 Å². The molecule has 11 heteroatoms. The number of primary sulfonamides is 1. The Morgan fingerprint density at radius 3 is 2.82 bits per heavy atom. The third-order valence-corrected chi connectivity index (χ3v) is 6.98. The Morgan fingerprint density at radius 1 is 1.32 bits per heavy atom. The highest BCUT2D eigenvalue weighted by Crippen LogP contribution is 2.37. The number of thiophene rings is 1. The standard InChI is InChI=1S/C17H17N5O3S3/c1-3-22-13-7-6-11(28(18,23)24)9-12(13)19-17(22)27-10(2)15-20-21-16(25-15)14-5-4-8-26-14/h4-10H,3H2,1-2H3,(H2,18,23,24)/t10-/m1/s1. The van der Waals surface area contributed by atoms with Crippen LogP contribution in [0.4, 0.5) is 0 Å². The van der Waals surface area contributed by atoms with Gasteiger partial charge in [0.05, 0.1) is 26.1 Å². The molecule has 0 saturated carbocycles. The molecule has 8 nitrogen and oxygen atoms in total. The molecule has 0 aliphatic carbocycles. The average molecular weight is 436 g/mol. The molecule has 4 rings (SSSR count). The second kappa shape index (κ2) is 7.32. The van der Waals surface area contributed by atoms with Crippen LogP contribution in [0.15, 0.2) is 50.2 Å². The fraction of sp³-hybridized carbons (Fsp3) is 0.235. The molecule has 0 saturated heterocycles. The third kappa shape index (κ3) is 3.58. The van der Waals surface area contributed by atoms with Gasteiger partial charge >= 0.3 is 0 Å². The van der Waals surface area contributed by atoms with Crippen molar-refractivity contribution in [1.82, 2.24) is 19.7 Å². The van der Waals surface area contributed by atoms with Gasteiger partial charge in [0.15, 0.2) is 5.16 Å². The molecular weight excluding hydrogens is 418 g/mol. The van der Waals surface area contributed by atoms with E-state index in [9.17, 15) is 8.42 Å². The highest BCUT2D eigenvalue weighted by atomic mass is 32.2. The molecule has 0 unspecified atom stereocenters. The van der Waals surface area contributed by atoms with Gasteiger partial charge < -0.3 is 8.98 Å². The first-order valence-corrected chi connectivity index (χ1v) is 11.7. The number of hydrogen-bond acceptors (Lipinski definition) is 8. The Labute approximate surface area is 169 Å². The van der Waals surface area contributed by atoms with Gasteiger partial charge in [-0.15, -0.1) is 21.5 Å². The van der Waals surface area contributed by atoms with E-state index in [1.807, 2.05) is 35.9 Å². The van der Waals surface area contributed by atoms with E-state index in [2.05, 4.69) is 15.2 Å². The number of imidazole rings is 1. The van der Waals surface area contributed by atoms with Crippen molar-refractivity contribution < 1.29 is 12.8 Å². The van der Waals surface area contributed by atoms with Gasteiger partial charge in [-0.05, 0) is 43.5 Å². The Kier molecular flexibility index (Phi) is 5.00. The van der Waals surface area contributed by atoms with E-state index in [0.717, 1.165) is 15.6 Å². The molecular formula is C17H17N5O3S3. The van der Waals surface area contributed by atoms with Gasteiger partial charge in [-0.2, -0.15) is 0 Å². The molecule has 0 aliphatic rings. The lowest BCUT2D eigenvalue weighted by Crippen LogP contribution is -2.11. The third-order valence-electron chi connectivity index (χ3n) is 4.13. The highest BCUT2D eigenvalue weighted by molar-refractivity contribution is 7.99. The number of thioether (sulfide) groups is 1. The lowest BCUT2D eigenvalue weighted by Gasteiger charge is -2.08. The molecule has 0 fully saturated rings. The minimum atomic E-state index is -3.78. The minimum absolute atomic E-state index is 0.0443. The number of aryl methyl sites for hydroxylation is 1. The molecule has 2 N–H and O–H groups in total. The molecule has 0 bridgehead atoms. The van der Waals surface area contributed by atoms with Gasteiger partial charge in [-0.25, -0.2) is 18.5 Å². The van der Waals surface area contributed by atoms with E-state index in [0.29, 0.717) is 23.8 Å². The second-order valence-electron chi connectivity index (χ2n) is 6.02. The van der Waals surface area contributed by atoms with Crippen LogP contribution in [0.5, 0.6) is 0 Å². The summed E-state index contributed by atoms with van der Waals surface area (Å²) in [6.45, 7) is 4.65. The summed E-state index contributed by atoms with van der Waals surface area (Å²) in [6, 6.07) is 8.57. The van der Waals surface area contributed by atoms with Crippen LogP contribution in [0, 0.1) is 0 Å². The van der Waals surface area contributed by atoms with Gasteiger partial charge in [0.1, 0.15) is 0 Å². The first kappa shape index (κ1) is 19.1. The molecule has 1 aromatic carbocycles. The van der Waals surface area contributed by atoms with E-state index >= 15 is 0 Å². The molecule has 28 heavy (non-hydrogen) atoms. The average Bonchev–Trinajstić information content (AvgIpc) is 3.38. The van der Waals surface area contributed by atoms with Crippen molar-refractivity contribution in [2.24, 2.45) is 5.14 Å². The number of nitrogens with two attached hydrogens (primary N) is 1. The van der Waals surface area contributed by atoms with Gasteiger partial charge in [-0.3, -0.25) is 0 Å². The number of rotatable bonds is 6. The number of sulfonamides is 1. The number of aromatic nitrogens is 4. The van der Waals surface area contributed by atoms with Crippen molar-refractivity contribution in [2.75, 3.05) is 0 Å². The largest absolute Gasteiger partial charge is 0.419 e. The van der Waals surface area contributed by atoms with Crippen molar-refractivity contribution in [3.8, 4) is 10.8 Å². The lowest BCUT2D eigenvalue weighted by atomic mass is 10.3. The summed E-state index contributed by atoms with van der Waals surface area (Å²) in [7, 11) is -3.78. The first-order chi connectivity index (χ1) is 13.4. The Bertz CT molecular complexity index is 1230. The molecule has 4 aromatic rings. The number of benzene rings is 1. The Balaban J connectivity index is 1.65. The van der Waals surface area contributed by atoms with E-state index in [-0.39, 0.29) is 10.1 Å². The summed E-state index contributed by atoms with van der Waals surface area (Å²) in [5.41, 5.74) is 1.42. The summed E-state index contributed by atoms with van der Waals surface area (Å²) in [5, 5.41) is 16.1. The van der Waals surface area contributed by atoms with Crippen molar-refractivity contribution in [1.29, 1.82) is 0 Å². The second-order valence-corrected chi connectivity index (χ2v) is 9.83. The molecule has 0 amide bonds. The number of nitrogens with zero attached hydrogens (tertiary/aromatic N) is 4. The van der Waals surface area contributed by atoms with Crippen LogP contribution in [0.3, 0.4) is 0 Å². The van der Waals surface area contributed by atoms with Gasteiger partial charge in [0, 0.05) is 6.54 Å². The Morgan fingerprint density at radius 2 is 2.14 bits per heavy atom. The monoisotopic (exact) mass is 435 g/mol. The normalized spacial score (nSPS) is 13.2. The molecule has 0 radical (unpaired) electrons. The zero-order valence-electron chi connectivity index (χ0n) is 15.1. The van der Waals surface area contributed by atoms with Crippen LogP contribution in [0.2, 0.25) is 0 Å². The Hall–Kier alpha value is -2.21. The van der Waals surface area contributed by atoms with E-state index in [4.69, 9.17) is 9.56 Å². The minimum Gasteiger partial charge on any atom is -0.419 e. The molecule has 0 spiro atoms. The van der Waals surface area contributed by atoms with Gasteiger partial charge in [0.2, 0.25) is 15.9 Å². The topological polar surface area (TPSA) is 117 Å². The summed E-state index contributed by atoms with van der Waals surface area (Å²) in [5.74, 6) is 1.01. The zero-order valence-corrected chi connectivity index (χ0v) is 17.5. The molecule has 1 atom stereocenters. The molecule has 0 aliphatic heterocycles. The van der Waals surface area contributed by atoms with Gasteiger partial charge in [0.25, 0.3) is 5.89 Å². The summed E-state index contributed by atoms with van der Waals surface area (Å²) < 4.78 is 31.0. The molecule has 3 aromatic heterocycles. The van der Waals surface area contributed by atoms with Crippen LogP contribution in [-0.2, 0) is 16.6 Å².